The minimum atomic E-state index is 0.506. The topological polar surface area (TPSA) is 28.2 Å². The molecule has 1 saturated heterocycles. The summed E-state index contributed by atoms with van der Waals surface area (Å²) in [6.07, 6.45) is 1.28. The number of nitrogens with zero attached hydrogens (tertiary/aromatic N) is 2. The molecule has 0 saturated carbocycles. The van der Waals surface area contributed by atoms with Gasteiger partial charge in [0, 0.05) is 36.9 Å². The van der Waals surface area contributed by atoms with E-state index in [-0.39, 0.29) is 0 Å². The van der Waals surface area contributed by atoms with Gasteiger partial charge in [0.2, 0.25) is 0 Å². The molecule has 0 aromatic carbocycles. The number of hydrogen-bond acceptors (Lipinski definition) is 3. The summed E-state index contributed by atoms with van der Waals surface area (Å²) in [4.78, 5) is 7.27. The van der Waals surface area contributed by atoms with Crippen LogP contribution in [0, 0.1) is 19.8 Å². The Bertz CT molecular complexity index is 440. The SMILES string of the molecule is Cc1cc(C)c(CNC(C)C)c(N2CCC(C)C2)n1. The van der Waals surface area contributed by atoms with E-state index in [1.165, 1.54) is 23.4 Å². The molecule has 1 aromatic rings. The number of aromatic nitrogens is 1. The maximum Gasteiger partial charge on any atom is 0.133 e. The molecular formula is C16H27N3. The Kier molecular flexibility index (Phi) is 4.46. The van der Waals surface area contributed by atoms with Gasteiger partial charge in [-0.1, -0.05) is 20.8 Å². The Morgan fingerprint density at radius 3 is 2.74 bits per heavy atom. The van der Waals surface area contributed by atoms with Crippen LogP contribution in [0.5, 0.6) is 0 Å². The molecule has 1 N–H and O–H groups in total. The monoisotopic (exact) mass is 261 g/mol. The lowest BCUT2D eigenvalue weighted by molar-refractivity contribution is 0.585. The van der Waals surface area contributed by atoms with Crippen LogP contribution in [0.2, 0.25) is 0 Å². The Morgan fingerprint density at radius 1 is 1.42 bits per heavy atom. The molecule has 1 aliphatic rings. The zero-order valence-corrected chi connectivity index (χ0v) is 13.0. The van der Waals surface area contributed by atoms with Gasteiger partial charge in [0.05, 0.1) is 0 Å². The standard InChI is InChI=1S/C16H27N3/c1-11(2)17-9-15-13(4)8-14(5)18-16(15)19-7-6-12(3)10-19/h8,11-12,17H,6-7,9-10H2,1-5H3. The Hall–Kier alpha value is -1.09. The summed E-state index contributed by atoms with van der Waals surface area (Å²) in [5, 5.41) is 3.53. The lowest BCUT2D eigenvalue weighted by Crippen LogP contribution is -2.27. The number of aryl methyl sites for hydroxylation is 2. The summed E-state index contributed by atoms with van der Waals surface area (Å²) in [6.45, 7) is 14.2. The van der Waals surface area contributed by atoms with Gasteiger partial charge in [-0.25, -0.2) is 4.98 Å². The number of rotatable bonds is 4. The Morgan fingerprint density at radius 2 is 2.16 bits per heavy atom. The van der Waals surface area contributed by atoms with Crippen LogP contribution in [0.15, 0.2) is 6.07 Å². The van der Waals surface area contributed by atoms with Crippen molar-refractivity contribution in [3.8, 4) is 0 Å². The maximum atomic E-state index is 4.81. The van der Waals surface area contributed by atoms with Gasteiger partial charge in [-0.05, 0) is 37.8 Å². The van der Waals surface area contributed by atoms with E-state index < -0.39 is 0 Å². The second-order valence-electron chi connectivity index (χ2n) is 6.26. The Balaban J connectivity index is 2.28. The van der Waals surface area contributed by atoms with Crippen LogP contribution in [0.1, 0.15) is 44.0 Å². The van der Waals surface area contributed by atoms with E-state index in [1.54, 1.807) is 0 Å². The number of pyridine rings is 1. The van der Waals surface area contributed by atoms with Crippen molar-refractivity contribution in [1.82, 2.24) is 10.3 Å². The molecule has 3 heteroatoms. The van der Waals surface area contributed by atoms with E-state index in [2.05, 4.69) is 50.9 Å². The van der Waals surface area contributed by atoms with Crippen molar-refractivity contribution < 1.29 is 0 Å². The van der Waals surface area contributed by atoms with Crippen molar-refractivity contribution in [1.29, 1.82) is 0 Å². The first-order chi connectivity index (χ1) is 8.97. The van der Waals surface area contributed by atoms with E-state index in [0.29, 0.717) is 6.04 Å². The van der Waals surface area contributed by atoms with Crippen LogP contribution in [-0.4, -0.2) is 24.1 Å². The molecular weight excluding hydrogens is 234 g/mol. The molecule has 106 valence electrons. The molecule has 0 spiro atoms. The fourth-order valence-corrected chi connectivity index (χ4v) is 2.76. The molecule has 0 aliphatic carbocycles. The van der Waals surface area contributed by atoms with Gasteiger partial charge in [-0.3, -0.25) is 0 Å². The van der Waals surface area contributed by atoms with Crippen LogP contribution in [0.25, 0.3) is 0 Å². The van der Waals surface area contributed by atoms with Crippen LogP contribution in [0.4, 0.5) is 5.82 Å². The van der Waals surface area contributed by atoms with Gasteiger partial charge in [-0.2, -0.15) is 0 Å². The minimum absolute atomic E-state index is 0.506. The van der Waals surface area contributed by atoms with Gasteiger partial charge >= 0.3 is 0 Å². The van der Waals surface area contributed by atoms with Gasteiger partial charge in [-0.15, -0.1) is 0 Å². The fourth-order valence-electron chi connectivity index (χ4n) is 2.76. The molecule has 0 bridgehead atoms. The number of anilines is 1. The van der Waals surface area contributed by atoms with Crippen molar-refractivity contribution in [2.45, 2.75) is 53.6 Å². The van der Waals surface area contributed by atoms with E-state index in [9.17, 15) is 0 Å². The van der Waals surface area contributed by atoms with E-state index in [4.69, 9.17) is 4.98 Å². The second-order valence-corrected chi connectivity index (χ2v) is 6.26. The zero-order valence-electron chi connectivity index (χ0n) is 13.0. The summed E-state index contributed by atoms with van der Waals surface area (Å²) in [5.74, 6) is 1.99. The third kappa shape index (κ3) is 3.47. The van der Waals surface area contributed by atoms with Gasteiger partial charge in [0.1, 0.15) is 5.82 Å². The van der Waals surface area contributed by atoms with Crippen molar-refractivity contribution >= 4 is 5.82 Å². The smallest absolute Gasteiger partial charge is 0.133 e. The summed E-state index contributed by atoms with van der Waals surface area (Å²) in [5.41, 5.74) is 3.85. The predicted molar refractivity (Wildman–Crippen MR) is 81.7 cm³/mol. The van der Waals surface area contributed by atoms with Crippen molar-refractivity contribution in [3.05, 3.63) is 22.9 Å². The van der Waals surface area contributed by atoms with Crippen LogP contribution < -0.4 is 10.2 Å². The lowest BCUT2D eigenvalue weighted by Gasteiger charge is -2.23. The fraction of sp³-hybridized carbons (Fsp3) is 0.688. The average Bonchev–Trinajstić information content (AvgIpc) is 2.73. The lowest BCUT2D eigenvalue weighted by atomic mass is 10.1. The van der Waals surface area contributed by atoms with E-state index >= 15 is 0 Å². The van der Waals surface area contributed by atoms with Crippen LogP contribution in [0.3, 0.4) is 0 Å². The highest BCUT2D eigenvalue weighted by Gasteiger charge is 2.23. The molecule has 2 rings (SSSR count). The van der Waals surface area contributed by atoms with Gasteiger partial charge < -0.3 is 10.2 Å². The van der Waals surface area contributed by atoms with Crippen LogP contribution >= 0.6 is 0 Å². The Labute approximate surface area is 117 Å². The molecule has 2 heterocycles. The summed E-state index contributed by atoms with van der Waals surface area (Å²) >= 11 is 0. The molecule has 19 heavy (non-hydrogen) atoms. The molecule has 1 aromatic heterocycles. The van der Waals surface area contributed by atoms with Crippen molar-refractivity contribution in [2.75, 3.05) is 18.0 Å². The first-order valence-corrected chi connectivity index (χ1v) is 7.42. The van der Waals surface area contributed by atoms with Gasteiger partial charge in [0.25, 0.3) is 0 Å². The molecule has 1 unspecified atom stereocenters. The van der Waals surface area contributed by atoms with Gasteiger partial charge in [0.15, 0.2) is 0 Å². The molecule has 1 fully saturated rings. The number of nitrogens with one attached hydrogen (secondary N) is 1. The molecule has 3 nitrogen and oxygen atoms in total. The highest BCUT2D eigenvalue weighted by atomic mass is 15.2. The zero-order chi connectivity index (χ0) is 14.0. The van der Waals surface area contributed by atoms with E-state index in [1.807, 2.05) is 0 Å². The predicted octanol–water partition coefficient (Wildman–Crippen LogP) is 3.04. The normalized spacial score (nSPS) is 19.5. The summed E-state index contributed by atoms with van der Waals surface area (Å²) < 4.78 is 0. The highest BCUT2D eigenvalue weighted by molar-refractivity contribution is 5.52. The number of hydrogen-bond donors (Lipinski definition) is 1. The van der Waals surface area contributed by atoms with Crippen molar-refractivity contribution in [2.24, 2.45) is 5.92 Å². The quantitative estimate of drug-likeness (QED) is 0.903. The summed E-state index contributed by atoms with van der Waals surface area (Å²) in [6, 6.07) is 2.70. The minimum Gasteiger partial charge on any atom is -0.356 e. The molecule has 0 radical (unpaired) electrons. The van der Waals surface area contributed by atoms with Crippen molar-refractivity contribution in [3.63, 3.8) is 0 Å². The first kappa shape index (κ1) is 14.3. The molecule has 1 atom stereocenters. The third-order valence-electron chi connectivity index (χ3n) is 3.86. The van der Waals surface area contributed by atoms with Crippen LogP contribution in [-0.2, 0) is 6.54 Å². The largest absolute Gasteiger partial charge is 0.356 e. The second kappa shape index (κ2) is 5.91. The highest BCUT2D eigenvalue weighted by Crippen LogP contribution is 2.27. The summed E-state index contributed by atoms with van der Waals surface area (Å²) in [7, 11) is 0. The maximum absolute atomic E-state index is 4.81. The first-order valence-electron chi connectivity index (χ1n) is 7.42. The third-order valence-corrected chi connectivity index (χ3v) is 3.86. The average molecular weight is 261 g/mol. The molecule has 0 amide bonds. The molecule has 1 aliphatic heterocycles. The van der Waals surface area contributed by atoms with E-state index in [0.717, 1.165) is 31.2 Å².